The molecule has 1 aromatic heterocycles. The molecule has 1 amide bonds. The highest BCUT2D eigenvalue weighted by Crippen LogP contribution is 2.21. The predicted molar refractivity (Wildman–Crippen MR) is 90.2 cm³/mol. The minimum absolute atomic E-state index is 0.00453. The fourth-order valence-electron chi connectivity index (χ4n) is 2.67. The molecular formula is C17H19F2N3O2S. The molecule has 0 aliphatic carbocycles. The maximum atomic E-state index is 13.2. The Hall–Kier alpha value is -1.93. The monoisotopic (exact) mass is 367 g/mol. The number of nitrogens with zero attached hydrogens (tertiary/aromatic N) is 3. The Morgan fingerprint density at radius 2 is 1.96 bits per heavy atom. The number of piperazine rings is 1. The highest BCUT2D eigenvalue weighted by molar-refractivity contribution is 8.00. The van der Waals surface area contributed by atoms with Gasteiger partial charge in [-0.1, -0.05) is 5.16 Å². The van der Waals surface area contributed by atoms with E-state index in [1.807, 2.05) is 13.0 Å². The van der Waals surface area contributed by atoms with E-state index in [2.05, 4.69) is 10.1 Å². The quantitative estimate of drug-likeness (QED) is 0.761. The van der Waals surface area contributed by atoms with E-state index in [9.17, 15) is 13.6 Å². The summed E-state index contributed by atoms with van der Waals surface area (Å²) < 4.78 is 31.3. The zero-order valence-electron chi connectivity index (χ0n) is 13.9. The molecule has 3 rings (SSSR count). The van der Waals surface area contributed by atoms with E-state index in [4.69, 9.17) is 4.52 Å². The van der Waals surface area contributed by atoms with Crippen molar-refractivity contribution in [2.45, 2.75) is 18.4 Å². The summed E-state index contributed by atoms with van der Waals surface area (Å²) in [5.41, 5.74) is 0.859. The van der Waals surface area contributed by atoms with E-state index in [1.165, 1.54) is 17.8 Å². The maximum absolute atomic E-state index is 13.2. The van der Waals surface area contributed by atoms with Crippen LogP contribution in [0.4, 0.5) is 8.78 Å². The number of carbonyl (C=O) groups is 1. The van der Waals surface area contributed by atoms with Gasteiger partial charge in [0.05, 0.1) is 18.0 Å². The highest BCUT2D eigenvalue weighted by Gasteiger charge is 2.22. The third-order valence-electron chi connectivity index (χ3n) is 4.03. The van der Waals surface area contributed by atoms with Gasteiger partial charge in [0.15, 0.2) is 17.4 Å². The van der Waals surface area contributed by atoms with Crippen LogP contribution >= 0.6 is 11.8 Å². The second-order valence-corrected chi connectivity index (χ2v) is 7.00. The molecule has 1 aliphatic rings. The normalized spacial score (nSPS) is 15.6. The Balaban J connectivity index is 1.44. The molecule has 0 radical (unpaired) electrons. The van der Waals surface area contributed by atoms with Gasteiger partial charge >= 0.3 is 0 Å². The van der Waals surface area contributed by atoms with Crippen LogP contribution in [0.3, 0.4) is 0 Å². The van der Waals surface area contributed by atoms with Crippen molar-refractivity contribution < 1.29 is 18.1 Å². The van der Waals surface area contributed by atoms with Gasteiger partial charge in [0.25, 0.3) is 0 Å². The molecule has 0 atom stereocenters. The average Bonchev–Trinajstić information content (AvgIpc) is 3.01. The van der Waals surface area contributed by atoms with Crippen molar-refractivity contribution in [3.63, 3.8) is 0 Å². The maximum Gasteiger partial charge on any atom is 0.233 e. The van der Waals surface area contributed by atoms with Crippen LogP contribution in [0.25, 0.3) is 0 Å². The van der Waals surface area contributed by atoms with Crippen molar-refractivity contribution in [3.05, 3.63) is 47.4 Å². The standard InChI is InChI=1S/C17H19F2N3O2S/c1-12-8-13(24-20-12)10-21-4-6-22(7-5-21)17(23)11-25-14-2-3-15(18)16(19)9-14/h2-3,8-9H,4-7,10-11H2,1H3. The van der Waals surface area contributed by atoms with Crippen LogP contribution < -0.4 is 0 Å². The molecule has 25 heavy (non-hydrogen) atoms. The summed E-state index contributed by atoms with van der Waals surface area (Å²) in [5, 5.41) is 3.87. The Labute approximate surface area is 149 Å². The van der Waals surface area contributed by atoms with Gasteiger partial charge in [-0.05, 0) is 25.1 Å². The van der Waals surface area contributed by atoms with E-state index in [0.29, 0.717) is 24.5 Å². The molecule has 8 heteroatoms. The first-order valence-corrected chi connectivity index (χ1v) is 9.00. The zero-order valence-corrected chi connectivity index (χ0v) is 14.7. The molecule has 5 nitrogen and oxygen atoms in total. The number of aryl methyl sites for hydroxylation is 1. The number of thioether (sulfide) groups is 1. The van der Waals surface area contributed by atoms with Gasteiger partial charge in [0, 0.05) is 37.1 Å². The molecule has 0 spiro atoms. The number of hydrogen-bond donors (Lipinski definition) is 0. The van der Waals surface area contributed by atoms with E-state index < -0.39 is 11.6 Å². The minimum Gasteiger partial charge on any atom is -0.360 e. The van der Waals surface area contributed by atoms with Crippen molar-refractivity contribution >= 4 is 17.7 Å². The number of carbonyl (C=O) groups excluding carboxylic acids is 1. The van der Waals surface area contributed by atoms with Crippen molar-refractivity contribution in [2.24, 2.45) is 0 Å². The number of halogens is 2. The summed E-state index contributed by atoms with van der Waals surface area (Å²) in [7, 11) is 0. The fourth-order valence-corrected chi connectivity index (χ4v) is 3.49. The van der Waals surface area contributed by atoms with Crippen molar-refractivity contribution in [2.75, 3.05) is 31.9 Å². The molecule has 0 saturated carbocycles. The lowest BCUT2D eigenvalue weighted by molar-refractivity contribution is -0.130. The first-order chi connectivity index (χ1) is 12.0. The first-order valence-electron chi connectivity index (χ1n) is 8.01. The van der Waals surface area contributed by atoms with Gasteiger partial charge in [-0.3, -0.25) is 9.69 Å². The molecule has 0 unspecified atom stereocenters. The smallest absolute Gasteiger partial charge is 0.233 e. The van der Waals surface area contributed by atoms with Crippen LogP contribution in [0, 0.1) is 18.6 Å². The van der Waals surface area contributed by atoms with Crippen LogP contribution in [-0.4, -0.2) is 52.8 Å². The summed E-state index contributed by atoms with van der Waals surface area (Å²) >= 11 is 1.22. The van der Waals surface area contributed by atoms with E-state index in [-0.39, 0.29) is 11.7 Å². The van der Waals surface area contributed by atoms with Gasteiger partial charge < -0.3 is 9.42 Å². The van der Waals surface area contributed by atoms with Gasteiger partial charge in [-0.15, -0.1) is 11.8 Å². The molecule has 1 aliphatic heterocycles. The Bertz CT molecular complexity index is 745. The second kappa shape index (κ2) is 7.97. The van der Waals surface area contributed by atoms with Gasteiger partial charge in [-0.25, -0.2) is 8.78 Å². The average molecular weight is 367 g/mol. The third-order valence-corrected chi connectivity index (χ3v) is 5.01. The van der Waals surface area contributed by atoms with Crippen LogP contribution in [0.2, 0.25) is 0 Å². The number of amides is 1. The summed E-state index contributed by atoms with van der Waals surface area (Å²) in [6.07, 6.45) is 0. The number of aromatic nitrogens is 1. The van der Waals surface area contributed by atoms with E-state index in [0.717, 1.165) is 36.7 Å². The van der Waals surface area contributed by atoms with Crippen molar-refractivity contribution in [1.29, 1.82) is 0 Å². The number of rotatable bonds is 5. The Kier molecular flexibility index (Phi) is 5.70. The lowest BCUT2D eigenvalue weighted by atomic mass is 10.3. The molecule has 2 aromatic rings. The van der Waals surface area contributed by atoms with Crippen LogP contribution in [0.5, 0.6) is 0 Å². The summed E-state index contributed by atoms with van der Waals surface area (Å²) in [5.74, 6) is -0.731. The molecule has 2 heterocycles. The fraction of sp³-hybridized carbons (Fsp3) is 0.412. The summed E-state index contributed by atoms with van der Waals surface area (Å²) in [6.45, 7) is 5.39. The zero-order chi connectivity index (χ0) is 17.8. The molecule has 0 N–H and O–H groups in total. The third kappa shape index (κ3) is 4.79. The molecule has 0 bridgehead atoms. The first kappa shape index (κ1) is 17.9. The van der Waals surface area contributed by atoms with E-state index >= 15 is 0 Å². The molecular weight excluding hydrogens is 348 g/mol. The molecule has 1 aromatic carbocycles. The van der Waals surface area contributed by atoms with Crippen LogP contribution in [0.1, 0.15) is 11.5 Å². The SMILES string of the molecule is Cc1cc(CN2CCN(C(=O)CSc3ccc(F)c(F)c3)CC2)on1. The molecule has 134 valence electrons. The Morgan fingerprint density at radius 1 is 1.20 bits per heavy atom. The van der Waals surface area contributed by atoms with Gasteiger partial charge in [0.2, 0.25) is 5.91 Å². The second-order valence-electron chi connectivity index (χ2n) is 5.96. The summed E-state index contributed by atoms with van der Waals surface area (Å²) in [4.78, 5) is 16.8. The largest absolute Gasteiger partial charge is 0.360 e. The van der Waals surface area contributed by atoms with Crippen molar-refractivity contribution in [1.82, 2.24) is 15.0 Å². The lowest BCUT2D eigenvalue weighted by Gasteiger charge is -2.34. The topological polar surface area (TPSA) is 49.6 Å². The molecule has 1 fully saturated rings. The van der Waals surface area contributed by atoms with Gasteiger partial charge in [-0.2, -0.15) is 0 Å². The predicted octanol–water partition coefficient (Wildman–Crippen LogP) is 2.70. The molecule has 1 saturated heterocycles. The minimum atomic E-state index is -0.895. The van der Waals surface area contributed by atoms with Crippen molar-refractivity contribution in [3.8, 4) is 0 Å². The highest BCUT2D eigenvalue weighted by atomic mass is 32.2. The van der Waals surface area contributed by atoms with E-state index in [1.54, 1.807) is 4.90 Å². The van der Waals surface area contributed by atoms with Crippen LogP contribution in [-0.2, 0) is 11.3 Å². The lowest BCUT2D eigenvalue weighted by Crippen LogP contribution is -2.48. The number of benzene rings is 1. The Morgan fingerprint density at radius 3 is 2.60 bits per heavy atom. The van der Waals surface area contributed by atoms with Gasteiger partial charge in [0.1, 0.15) is 0 Å². The van der Waals surface area contributed by atoms with Crippen LogP contribution in [0.15, 0.2) is 33.7 Å². The summed E-state index contributed by atoms with van der Waals surface area (Å²) in [6, 6.07) is 5.58. The number of hydrogen-bond acceptors (Lipinski definition) is 5.